The van der Waals surface area contributed by atoms with E-state index in [0.29, 0.717) is 5.41 Å². The van der Waals surface area contributed by atoms with E-state index >= 15 is 0 Å². The second kappa shape index (κ2) is 7.56. The summed E-state index contributed by atoms with van der Waals surface area (Å²) in [6, 6.07) is 8.19. The maximum Gasteiger partial charge on any atom is 0.253 e. The molecule has 0 radical (unpaired) electrons. The summed E-state index contributed by atoms with van der Waals surface area (Å²) < 4.78 is 0. The fraction of sp³-hybridized carbons (Fsp3) is 0.650. The number of nitrogens with one attached hydrogen (secondary N) is 1. The lowest BCUT2D eigenvalue weighted by molar-refractivity contribution is 0.0607. The number of hydrogen-bond acceptors (Lipinski definition) is 3. The maximum absolute atomic E-state index is 12.8. The number of nitrogens with zero attached hydrogens (tertiary/aromatic N) is 2. The van der Waals surface area contributed by atoms with Gasteiger partial charge in [-0.2, -0.15) is 0 Å². The molecule has 4 nitrogen and oxygen atoms in total. The van der Waals surface area contributed by atoms with E-state index in [1.807, 2.05) is 17.0 Å². The minimum absolute atomic E-state index is 0.195. The van der Waals surface area contributed by atoms with E-state index < -0.39 is 0 Å². The number of amides is 1. The largest absolute Gasteiger partial charge is 0.372 e. The van der Waals surface area contributed by atoms with Gasteiger partial charge in [-0.25, -0.2) is 0 Å². The summed E-state index contributed by atoms with van der Waals surface area (Å²) in [4.78, 5) is 17.2. The van der Waals surface area contributed by atoms with Crippen LogP contribution in [0.15, 0.2) is 24.3 Å². The lowest BCUT2D eigenvalue weighted by Gasteiger charge is -2.39. The Labute approximate surface area is 146 Å². The van der Waals surface area contributed by atoms with Crippen molar-refractivity contribution in [2.24, 2.45) is 5.41 Å². The first-order chi connectivity index (χ1) is 11.7. The van der Waals surface area contributed by atoms with Crippen molar-refractivity contribution in [1.82, 2.24) is 10.2 Å². The van der Waals surface area contributed by atoms with Crippen LogP contribution >= 0.6 is 0 Å². The van der Waals surface area contributed by atoms with Crippen LogP contribution in [0.5, 0.6) is 0 Å². The number of carbonyl (C=O) groups excluding carboxylic acids is 1. The number of piperidine rings is 1. The van der Waals surface area contributed by atoms with E-state index in [1.165, 1.54) is 12.1 Å². The van der Waals surface area contributed by atoms with Gasteiger partial charge in [-0.1, -0.05) is 6.92 Å². The molecule has 2 aliphatic rings. The summed E-state index contributed by atoms with van der Waals surface area (Å²) >= 11 is 0. The van der Waals surface area contributed by atoms with Gasteiger partial charge in [-0.15, -0.1) is 0 Å². The Hall–Kier alpha value is -1.55. The standard InChI is InChI=1S/C20H31N3O/c1-3-13-22(4-2)18-7-5-17(6-8-18)19(24)23-14-10-20(11-15-23)9-12-21-16-20/h5-8,21H,3-4,9-16H2,1-2H3. The predicted molar refractivity (Wildman–Crippen MR) is 99.7 cm³/mol. The number of anilines is 1. The fourth-order valence-corrected chi connectivity index (χ4v) is 4.14. The van der Waals surface area contributed by atoms with Crippen LogP contribution in [-0.4, -0.2) is 50.1 Å². The SMILES string of the molecule is CCCN(CC)c1ccc(C(=O)N2CCC3(CCNC3)CC2)cc1. The number of hydrogen-bond donors (Lipinski definition) is 1. The van der Waals surface area contributed by atoms with Crippen LogP contribution < -0.4 is 10.2 Å². The predicted octanol–water partition coefficient (Wildman–Crippen LogP) is 3.14. The van der Waals surface area contributed by atoms with E-state index in [0.717, 1.165) is 64.1 Å². The summed E-state index contributed by atoms with van der Waals surface area (Å²) in [5.41, 5.74) is 2.50. The summed E-state index contributed by atoms with van der Waals surface area (Å²) in [7, 11) is 0. The lowest BCUT2D eigenvalue weighted by Crippen LogP contribution is -2.44. The Kier molecular flexibility index (Phi) is 5.44. The van der Waals surface area contributed by atoms with E-state index in [9.17, 15) is 4.79 Å². The fourth-order valence-electron chi connectivity index (χ4n) is 4.14. The molecule has 2 aliphatic heterocycles. The Balaban J connectivity index is 1.61. The van der Waals surface area contributed by atoms with Crippen molar-refractivity contribution in [3.8, 4) is 0 Å². The van der Waals surface area contributed by atoms with Gasteiger partial charge in [0.05, 0.1) is 0 Å². The van der Waals surface area contributed by atoms with Crippen molar-refractivity contribution in [1.29, 1.82) is 0 Å². The van der Waals surface area contributed by atoms with E-state index in [1.54, 1.807) is 0 Å². The van der Waals surface area contributed by atoms with E-state index in [2.05, 4.69) is 36.2 Å². The molecule has 1 spiro atoms. The highest BCUT2D eigenvalue weighted by atomic mass is 16.2. The Morgan fingerprint density at radius 1 is 1.17 bits per heavy atom. The summed E-state index contributed by atoms with van der Waals surface area (Å²) in [5, 5.41) is 3.48. The smallest absolute Gasteiger partial charge is 0.253 e. The number of rotatable bonds is 5. The van der Waals surface area contributed by atoms with Gasteiger partial charge in [0.1, 0.15) is 0 Å². The molecule has 0 bridgehead atoms. The second-order valence-corrected chi connectivity index (χ2v) is 7.35. The minimum Gasteiger partial charge on any atom is -0.372 e. The van der Waals surface area contributed by atoms with Crippen molar-refractivity contribution in [3.05, 3.63) is 29.8 Å². The van der Waals surface area contributed by atoms with Crippen LogP contribution in [0.4, 0.5) is 5.69 Å². The van der Waals surface area contributed by atoms with Crippen LogP contribution in [0, 0.1) is 5.41 Å². The van der Waals surface area contributed by atoms with E-state index in [-0.39, 0.29) is 5.91 Å². The van der Waals surface area contributed by atoms with Gasteiger partial charge in [0.2, 0.25) is 0 Å². The molecular formula is C20H31N3O. The first-order valence-electron chi connectivity index (χ1n) is 9.52. The molecule has 0 unspecified atom stereocenters. The van der Waals surface area contributed by atoms with Crippen molar-refractivity contribution in [3.63, 3.8) is 0 Å². The van der Waals surface area contributed by atoms with Crippen molar-refractivity contribution >= 4 is 11.6 Å². The van der Waals surface area contributed by atoms with Gasteiger partial charge in [-0.3, -0.25) is 4.79 Å². The van der Waals surface area contributed by atoms with E-state index in [4.69, 9.17) is 0 Å². The first kappa shape index (κ1) is 17.3. The summed E-state index contributed by atoms with van der Waals surface area (Å²) in [6.07, 6.45) is 4.70. The molecule has 0 atom stereocenters. The first-order valence-corrected chi connectivity index (χ1v) is 9.52. The van der Waals surface area contributed by atoms with Gasteiger partial charge in [0.25, 0.3) is 5.91 Å². The third-order valence-corrected chi connectivity index (χ3v) is 5.80. The minimum atomic E-state index is 0.195. The summed E-state index contributed by atoms with van der Waals surface area (Å²) in [6.45, 7) is 10.5. The normalized spacial score (nSPS) is 19.7. The molecule has 1 aromatic carbocycles. The number of benzene rings is 1. The van der Waals surface area contributed by atoms with Crippen molar-refractivity contribution < 1.29 is 4.79 Å². The molecule has 24 heavy (non-hydrogen) atoms. The number of likely N-dealkylation sites (tertiary alicyclic amines) is 1. The molecular weight excluding hydrogens is 298 g/mol. The topological polar surface area (TPSA) is 35.6 Å². The zero-order chi connectivity index (χ0) is 17.0. The van der Waals surface area contributed by atoms with Gasteiger partial charge >= 0.3 is 0 Å². The monoisotopic (exact) mass is 329 g/mol. The lowest BCUT2D eigenvalue weighted by atomic mass is 9.78. The van der Waals surface area contributed by atoms with Crippen LogP contribution in [0.1, 0.15) is 49.9 Å². The van der Waals surface area contributed by atoms with Gasteiger partial charge in [-0.05, 0) is 68.8 Å². The molecule has 0 aromatic heterocycles. The highest BCUT2D eigenvalue weighted by Gasteiger charge is 2.38. The van der Waals surface area contributed by atoms with Gasteiger partial charge in [0.15, 0.2) is 0 Å². The highest BCUT2D eigenvalue weighted by molar-refractivity contribution is 5.94. The zero-order valence-electron chi connectivity index (χ0n) is 15.2. The molecule has 132 valence electrons. The maximum atomic E-state index is 12.8. The second-order valence-electron chi connectivity index (χ2n) is 7.35. The van der Waals surface area contributed by atoms with Crippen molar-refractivity contribution in [2.45, 2.75) is 39.5 Å². The Morgan fingerprint density at radius 3 is 2.42 bits per heavy atom. The van der Waals surface area contributed by atoms with Crippen molar-refractivity contribution in [2.75, 3.05) is 44.2 Å². The Morgan fingerprint density at radius 2 is 1.88 bits per heavy atom. The molecule has 1 amide bonds. The molecule has 3 rings (SSSR count). The third-order valence-electron chi connectivity index (χ3n) is 5.80. The molecule has 2 saturated heterocycles. The molecule has 4 heteroatoms. The average Bonchev–Trinajstić information content (AvgIpc) is 3.08. The average molecular weight is 329 g/mol. The molecule has 1 N–H and O–H groups in total. The van der Waals surface area contributed by atoms with Crippen LogP contribution in [0.2, 0.25) is 0 Å². The van der Waals surface area contributed by atoms with Crippen LogP contribution in [0.3, 0.4) is 0 Å². The molecule has 1 aromatic rings. The Bertz CT molecular complexity index is 539. The molecule has 2 heterocycles. The third kappa shape index (κ3) is 3.59. The van der Waals surface area contributed by atoms with Crippen LogP contribution in [0.25, 0.3) is 0 Å². The van der Waals surface area contributed by atoms with Gasteiger partial charge in [0, 0.05) is 44.0 Å². The van der Waals surface area contributed by atoms with Crippen LogP contribution in [-0.2, 0) is 0 Å². The molecule has 2 fully saturated rings. The molecule has 0 aliphatic carbocycles. The zero-order valence-corrected chi connectivity index (χ0v) is 15.2. The number of carbonyl (C=O) groups is 1. The molecule has 0 saturated carbocycles. The summed E-state index contributed by atoms with van der Waals surface area (Å²) in [5.74, 6) is 0.195. The van der Waals surface area contributed by atoms with Gasteiger partial charge < -0.3 is 15.1 Å². The highest BCUT2D eigenvalue weighted by Crippen LogP contribution is 2.37. The quantitative estimate of drug-likeness (QED) is 0.901.